The first kappa shape index (κ1) is 17.8. The fraction of sp³-hybridized carbons (Fsp3) is 0.429. The highest BCUT2D eigenvalue weighted by molar-refractivity contribution is 6.23. The van der Waals surface area contributed by atoms with Crippen LogP contribution in [-0.2, 0) is 9.53 Å². The fourth-order valence-electron chi connectivity index (χ4n) is 2.40. The number of nitriles is 1. The number of nitrogens with zero attached hydrogens (tertiary/aromatic N) is 3. The Labute approximate surface area is 135 Å². The number of hydrogen-bond donors (Lipinski definition) is 1. The number of hydrogen-bond acceptors (Lipinski definition) is 5. The molecular formula is C14H13F3N4O3. The Hall–Kier alpha value is -2.51. The summed E-state index contributed by atoms with van der Waals surface area (Å²) in [5, 5.41) is 11.1. The predicted molar refractivity (Wildman–Crippen MR) is 75.8 cm³/mol. The van der Waals surface area contributed by atoms with Crippen LogP contribution < -0.4 is 5.32 Å². The molecule has 2 rings (SSSR count). The van der Waals surface area contributed by atoms with E-state index in [1.807, 2.05) is 0 Å². The van der Waals surface area contributed by atoms with E-state index in [2.05, 4.69) is 4.99 Å². The summed E-state index contributed by atoms with van der Waals surface area (Å²) in [6.07, 6.45) is 0.584. The number of urea groups is 1. The molecule has 24 heavy (non-hydrogen) atoms. The van der Waals surface area contributed by atoms with Gasteiger partial charge in [-0.3, -0.25) is 15.0 Å². The zero-order valence-electron chi connectivity index (χ0n) is 12.7. The van der Waals surface area contributed by atoms with Crippen molar-refractivity contribution in [1.82, 2.24) is 10.2 Å². The Bertz CT molecular complexity index is 705. The fourth-order valence-corrected chi connectivity index (χ4v) is 2.40. The average Bonchev–Trinajstić information content (AvgIpc) is 2.49. The van der Waals surface area contributed by atoms with Gasteiger partial charge >= 0.3 is 12.2 Å². The molecule has 2 atom stereocenters. The number of rotatable bonds is 3. The van der Waals surface area contributed by atoms with Crippen molar-refractivity contribution in [3.63, 3.8) is 0 Å². The quantitative estimate of drug-likeness (QED) is 0.780. The largest absolute Gasteiger partial charge is 0.434 e. The monoisotopic (exact) mass is 342 g/mol. The molecule has 0 spiro atoms. The number of carbonyl (C=O) groups is 2. The second kappa shape index (κ2) is 5.85. The smallest absolute Gasteiger partial charge is 0.320 e. The summed E-state index contributed by atoms with van der Waals surface area (Å²) < 4.78 is 45.8. The Morgan fingerprint density at radius 1 is 1.38 bits per heavy atom. The molecule has 0 aromatic rings. The van der Waals surface area contributed by atoms with Crippen LogP contribution in [0.5, 0.6) is 0 Å². The second-order valence-corrected chi connectivity index (χ2v) is 5.35. The van der Waals surface area contributed by atoms with Gasteiger partial charge in [0.15, 0.2) is 11.3 Å². The molecule has 0 saturated heterocycles. The van der Waals surface area contributed by atoms with E-state index in [4.69, 9.17) is 4.74 Å². The summed E-state index contributed by atoms with van der Waals surface area (Å²) in [7, 11) is 2.31. The molecular weight excluding hydrogens is 329 g/mol. The molecule has 3 amide bonds. The molecule has 0 bridgehead atoms. The summed E-state index contributed by atoms with van der Waals surface area (Å²) >= 11 is 0. The van der Waals surface area contributed by atoms with E-state index in [9.17, 15) is 28.0 Å². The van der Waals surface area contributed by atoms with E-state index >= 15 is 0 Å². The number of alkyl halides is 3. The Morgan fingerprint density at radius 2 is 2.04 bits per heavy atom. The number of ether oxygens (including phenoxy) is 1. The van der Waals surface area contributed by atoms with Crippen molar-refractivity contribution in [1.29, 1.82) is 5.26 Å². The molecule has 10 heteroatoms. The van der Waals surface area contributed by atoms with Gasteiger partial charge in [0.25, 0.3) is 11.6 Å². The van der Waals surface area contributed by atoms with Gasteiger partial charge in [-0.05, 0) is 20.2 Å². The first-order chi connectivity index (χ1) is 11.1. The molecule has 0 aromatic carbocycles. The number of halogens is 3. The molecule has 1 N–H and O–H groups in total. The summed E-state index contributed by atoms with van der Waals surface area (Å²) in [6.45, 7) is 0. The van der Waals surface area contributed by atoms with Crippen molar-refractivity contribution in [3.8, 4) is 6.07 Å². The Balaban J connectivity index is 2.64. The van der Waals surface area contributed by atoms with Gasteiger partial charge in [-0.1, -0.05) is 18.2 Å². The maximum atomic E-state index is 13.4. The van der Waals surface area contributed by atoms with Crippen molar-refractivity contribution < 1.29 is 27.5 Å². The summed E-state index contributed by atoms with van der Waals surface area (Å²) in [6, 6.07) is 0.328. The molecule has 7 nitrogen and oxygen atoms in total. The summed E-state index contributed by atoms with van der Waals surface area (Å²) in [5.41, 5.74) is -6.33. The molecule has 0 radical (unpaired) electrons. The maximum absolute atomic E-state index is 13.4. The van der Waals surface area contributed by atoms with E-state index in [0.717, 1.165) is 19.0 Å². The zero-order chi connectivity index (χ0) is 18.2. The molecule has 128 valence electrons. The minimum atomic E-state index is -5.12. The van der Waals surface area contributed by atoms with Crippen molar-refractivity contribution in [2.45, 2.75) is 23.9 Å². The Kier molecular flexibility index (Phi) is 4.34. The number of carbonyl (C=O) groups excluding carboxylic acids is 2. The van der Waals surface area contributed by atoms with E-state index < -0.39 is 35.2 Å². The number of nitrogens with one attached hydrogen (secondary N) is 1. The lowest BCUT2D eigenvalue weighted by Crippen LogP contribution is -2.71. The topological polar surface area (TPSA) is 94.8 Å². The molecule has 0 saturated carbocycles. The highest BCUT2D eigenvalue weighted by atomic mass is 19.4. The van der Waals surface area contributed by atoms with Gasteiger partial charge in [0.1, 0.15) is 6.07 Å². The van der Waals surface area contributed by atoms with E-state index in [1.54, 1.807) is 17.5 Å². The summed E-state index contributed by atoms with van der Waals surface area (Å²) in [4.78, 5) is 27.4. The van der Waals surface area contributed by atoms with Crippen LogP contribution in [-0.4, -0.2) is 54.1 Å². The van der Waals surface area contributed by atoms with Crippen molar-refractivity contribution in [2.24, 2.45) is 4.99 Å². The minimum absolute atomic E-state index is 0.0675. The van der Waals surface area contributed by atoms with Gasteiger partial charge in [0.2, 0.25) is 0 Å². The van der Waals surface area contributed by atoms with E-state index in [-0.39, 0.29) is 6.42 Å². The molecule has 1 aliphatic carbocycles. The Morgan fingerprint density at radius 3 is 2.50 bits per heavy atom. The highest BCUT2D eigenvalue weighted by Crippen LogP contribution is 2.37. The third kappa shape index (κ3) is 2.83. The predicted octanol–water partition coefficient (Wildman–Crippen LogP) is 1.29. The number of likely N-dealkylation sites (N-methyl/N-ethyl adjacent to an activating group) is 1. The molecule has 2 unspecified atom stereocenters. The third-order valence-electron chi connectivity index (χ3n) is 3.51. The average molecular weight is 342 g/mol. The van der Waals surface area contributed by atoms with Gasteiger partial charge in [-0.25, -0.2) is 4.79 Å². The number of allylic oxidation sites excluding steroid dienone is 2. The SMILES string of the molecule is CN(C)C1(OC2(C#N)C=CC=CC2)C(=O)NC(=O)N=C1C(F)(F)F. The van der Waals surface area contributed by atoms with Crippen LogP contribution in [0, 0.1) is 11.3 Å². The molecule has 1 heterocycles. The number of aliphatic imine (C=N–C) groups is 1. The van der Waals surface area contributed by atoms with Crippen LogP contribution in [0.25, 0.3) is 0 Å². The third-order valence-corrected chi connectivity index (χ3v) is 3.51. The zero-order valence-corrected chi connectivity index (χ0v) is 12.7. The first-order valence-electron chi connectivity index (χ1n) is 6.72. The minimum Gasteiger partial charge on any atom is -0.320 e. The molecule has 0 aromatic heterocycles. The normalized spacial score (nSPS) is 30.1. The van der Waals surface area contributed by atoms with Crippen LogP contribution in [0.1, 0.15) is 6.42 Å². The highest BCUT2D eigenvalue weighted by Gasteiger charge is 2.63. The lowest BCUT2D eigenvalue weighted by Gasteiger charge is -2.44. The number of imide groups is 1. The maximum Gasteiger partial charge on any atom is 0.434 e. The van der Waals surface area contributed by atoms with Gasteiger partial charge in [-0.2, -0.15) is 23.4 Å². The van der Waals surface area contributed by atoms with Crippen LogP contribution in [0.2, 0.25) is 0 Å². The van der Waals surface area contributed by atoms with Gasteiger partial charge in [0.05, 0.1) is 0 Å². The number of amides is 3. The molecule has 1 aliphatic heterocycles. The van der Waals surface area contributed by atoms with Gasteiger partial charge < -0.3 is 4.74 Å². The van der Waals surface area contributed by atoms with Gasteiger partial charge in [-0.15, -0.1) is 0 Å². The van der Waals surface area contributed by atoms with Crippen LogP contribution in [0.4, 0.5) is 18.0 Å². The van der Waals surface area contributed by atoms with E-state index in [1.165, 1.54) is 18.2 Å². The molecule has 0 fully saturated rings. The van der Waals surface area contributed by atoms with Crippen LogP contribution in [0.3, 0.4) is 0 Å². The first-order valence-corrected chi connectivity index (χ1v) is 6.72. The van der Waals surface area contributed by atoms with Crippen molar-refractivity contribution in [3.05, 3.63) is 24.3 Å². The molecule has 2 aliphatic rings. The lowest BCUT2D eigenvalue weighted by molar-refractivity contribution is -0.180. The standard InChI is InChI=1S/C14H13F3N4O3/c1-21(2)13(24-12(8-18)6-4-3-5-7-12)9(14(15,16)17)19-11(23)20-10(13)22/h3-6H,7H2,1-2H3,(H,20,22,23). The summed E-state index contributed by atoms with van der Waals surface area (Å²) in [5.74, 6) is -1.36. The lowest BCUT2D eigenvalue weighted by atomic mass is 9.93. The van der Waals surface area contributed by atoms with Crippen LogP contribution >= 0.6 is 0 Å². The van der Waals surface area contributed by atoms with Gasteiger partial charge in [0, 0.05) is 6.42 Å². The van der Waals surface area contributed by atoms with Crippen molar-refractivity contribution in [2.75, 3.05) is 14.1 Å². The van der Waals surface area contributed by atoms with Crippen molar-refractivity contribution >= 4 is 17.6 Å². The second-order valence-electron chi connectivity index (χ2n) is 5.35. The van der Waals surface area contributed by atoms with E-state index in [0.29, 0.717) is 0 Å². The van der Waals surface area contributed by atoms with Crippen LogP contribution in [0.15, 0.2) is 29.3 Å².